The fourth-order valence-electron chi connectivity index (χ4n) is 1.69. The average Bonchev–Trinajstić information content (AvgIpc) is 2.35. The first-order chi connectivity index (χ1) is 9.24. The Kier molecular flexibility index (Phi) is 5.46. The minimum absolute atomic E-state index is 0.0112. The van der Waals surface area contributed by atoms with E-state index < -0.39 is 19.2 Å². The molecule has 0 aromatic heterocycles. The maximum atomic E-state index is 12.0. The molecule has 0 radical (unpaired) electrons. The Morgan fingerprint density at radius 2 is 1.90 bits per heavy atom. The summed E-state index contributed by atoms with van der Waals surface area (Å²) in [7, 11) is -4.50. The molecule has 7 heteroatoms. The van der Waals surface area contributed by atoms with Crippen LogP contribution in [-0.2, 0) is 9.36 Å². The van der Waals surface area contributed by atoms with Crippen LogP contribution in [0.15, 0.2) is 24.3 Å². The van der Waals surface area contributed by atoms with Gasteiger partial charge in [0.2, 0.25) is 5.91 Å². The second-order valence-corrected chi connectivity index (χ2v) is 6.68. The van der Waals surface area contributed by atoms with E-state index in [1.54, 1.807) is 13.8 Å². The summed E-state index contributed by atoms with van der Waals surface area (Å²) in [4.78, 5) is 33.7. The first-order valence-electron chi connectivity index (χ1n) is 6.07. The van der Waals surface area contributed by atoms with Crippen molar-refractivity contribution in [1.82, 2.24) is 0 Å². The fourth-order valence-corrected chi connectivity index (χ4v) is 2.75. The number of nitrogens with one attached hydrogen (secondary N) is 1. The molecule has 0 saturated heterocycles. The van der Waals surface area contributed by atoms with Crippen LogP contribution in [0.2, 0.25) is 0 Å². The van der Waals surface area contributed by atoms with E-state index in [9.17, 15) is 19.1 Å². The molecule has 0 spiro atoms. The zero-order valence-electron chi connectivity index (χ0n) is 11.3. The molecule has 20 heavy (non-hydrogen) atoms. The van der Waals surface area contributed by atoms with Crippen LogP contribution < -0.4 is 5.32 Å². The molecule has 0 fully saturated rings. The lowest BCUT2D eigenvalue weighted by atomic mass is 10.1. The van der Waals surface area contributed by atoms with E-state index in [2.05, 4.69) is 10.2 Å². The first-order valence-corrected chi connectivity index (χ1v) is 7.75. The standard InChI is InChI=1S/C13H17N2O4P/c1-9(2)8-12(20(17,18)19)13(16)15-11-6-4-10(14-3)5-7-11/h4-7,9,12H,8H2,1-2H3,(H,15,16)(H2,17,18,19). The SMILES string of the molecule is [C-]#[N+]c1ccc(NC(=O)C(CC(C)C)P(=O)(O)O)cc1. The van der Waals surface area contributed by atoms with Crippen molar-refractivity contribution in [3.05, 3.63) is 35.7 Å². The molecule has 3 N–H and O–H groups in total. The van der Waals surface area contributed by atoms with Crippen LogP contribution in [0.5, 0.6) is 0 Å². The largest absolute Gasteiger partial charge is 0.337 e. The number of nitrogens with zero attached hydrogens (tertiary/aromatic N) is 1. The van der Waals surface area contributed by atoms with E-state index >= 15 is 0 Å². The van der Waals surface area contributed by atoms with Gasteiger partial charge < -0.3 is 15.1 Å². The van der Waals surface area contributed by atoms with Gasteiger partial charge in [-0.15, -0.1) is 0 Å². The van der Waals surface area contributed by atoms with Gasteiger partial charge in [-0.3, -0.25) is 9.36 Å². The molecule has 0 saturated carbocycles. The summed E-state index contributed by atoms with van der Waals surface area (Å²) in [6.07, 6.45) is 0.107. The van der Waals surface area contributed by atoms with Gasteiger partial charge in [0.25, 0.3) is 0 Å². The number of carbonyl (C=O) groups is 1. The molecule has 0 aliphatic heterocycles. The Bertz CT molecular complexity index is 557. The summed E-state index contributed by atoms with van der Waals surface area (Å²) < 4.78 is 11.4. The molecular weight excluding hydrogens is 279 g/mol. The molecule has 1 atom stereocenters. The van der Waals surface area contributed by atoms with E-state index in [1.165, 1.54) is 24.3 Å². The normalized spacial score (nSPS) is 12.8. The van der Waals surface area contributed by atoms with Crippen LogP contribution in [0.25, 0.3) is 4.85 Å². The molecule has 0 aliphatic rings. The van der Waals surface area contributed by atoms with Gasteiger partial charge in [-0.1, -0.05) is 26.0 Å². The van der Waals surface area contributed by atoms with Crippen molar-refractivity contribution >= 4 is 24.9 Å². The van der Waals surface area contributed by atoms with Gasteiger partial charge in [0.1, 0.15) is 5.66 Å². The average molecular weight is 296 g/mol. The number of carbonyl (C=O) groups excluding carboxylic acids is 1. The molecule has 1 unspecified atom stereocenters. The quantitative estimate of drug-likeness (QED) is 0.575. The highest BCUT2D eigenvalue weighted by Gasteiger charge is 2.36. The Balaban J connectivity index is 2.85. The highest BCUT2D eigenvalue weighted by molar-refractivity contribution is 7.53. The van der Waals surface area contributed by atoms with Crippen molar-refractivity contribution in [2.75, 3.05) is 5.32 Å². The molecule has 0 bridgehead atoms. The van der Waals surface area contributed by atoms with Crippen LogP contribution in [0.4, 0.5) is 11.4 Å². The summed E-state index contributed by atoms with van der Waals surface area (Å²) in [6.45, 7) is 10.4. The number of benzene rings is 1. The van der Waals surface area contributed by atoms with Crippen LogP contribution in [-0.4, -0.2) is 21.4 Å². The zero-order chi connectivity index (χ0) is 15.3. The Hall–Kier alpha value is -1.67. The van der Waals surface area contributed by atoms with Crippen LogP contribution in [0.1, 0.15) is 20.3 Å². The number of hydrogen-bond donors (Lipinski definition) is 3. The first kappa shape index (κ1) is 16.4. The lowest BCUT2D eigenvalue weighted by Crippen LogP contribution is -2.29. The third kappa shape index (κ3) is 4.78. The number of anilines is 1. The maximum absolute atomic E-state index is 12.0. The summed E-state index contributed by atoms with van der Waals surface area (Å²) >= 11 is 0. The van der Waals surface area contributed by atoms with E-state index in [0.29, 0.717) is 11.4 Å². The summed E-state index contributed by atoms with van der Waals surface area (Å²) in [5, 5.41) is 2.47. The predicted molar refractivity (Wildman–Crippen MR) is 76.6 cm³/mol. The van der Waals surface area contributed by atoms with Crippen molar-refractivity contribution in [3.63, 3.8) is 0 Å². The molecule has 1 aromatic rings. The highest BCUT2D eigenvalue weighted by Crippen LogP contribution is 2.44. The van der Waals surface area contributed by atoms with Gasteiger partial charge in [0.05, 0.1) is 6.57 Å². The Morgan fingerprint density at radius 1 is 1.35 bits per heavy atom. The minimum Gasteiger partial charge on any atom is -0.325 e. The van der Waals surface area contributed by atoms with E-state index in [0.717, 1.165) is 0 Å². The molecule has 1 aromatic carbocycles. The predicted octanol–water partition coefficient (Wildman–Crippen LogP) is 2.77. The molecular formula is C13H17N2O4P. The smallest absolute Gasteiger partial charge is 0.325 e. The van der Waals surface area contributed by atoms with Crippen molar-refractivity contribution < 1.29 is 19.1 Å². The summed E-state index contributed by atoms with van der Waals surface area (Å²) in [5.74, 6) is -0.717. The number of hydrogen-bond acceptors (Lipinski definition) is 2. The van der Waals surface area contributed by atoms with E-state index in [4.69, 9.17) is 6.57 Å². The minimum atomic E-state index is -4.50. The second kappa shape index (κ2) is 6.67. The van der Waals surface area contributed by atoms with Gasteiger partial charge in [0, 0.05) is 5.69 Å². The summed E-state index contributed by atoms with van der Waals surface area (Å²) in [6, 6.07) is 6.10. The van der Waals surface area contributed by atoms with Crippen molar-refractivity contribution in [2.24, 2.45) is 5.92 Å². The van der Waals surface area contributed by atoms with Gasteiger partial charge in [0.15, 0.2) is 5.69 Å². The maximum Gasteiger partial charge on any atom is 0.337 e. The highest BCUT2D eigenvalue weighted by atomic mass is 31.2. The van der Waals surface area contributed by atoms with E-state index in [-0.39, 0.29) is 12.3 Å². The lowest BCUT2D eigenvalue weighted by Gasteiger charge is -2.19. The van der Waals surface area contributed by atoms with Crippen LogP contribution in [0, 0.1) is 12.5 Å². The molecule has 6 nitrogen and oxygen atoms in total. The van der Waals surface area contributed by atoms with Gasteiger partial charge in [-0.2, -0.15) is 0 Å². The molecule has 0 heterocycles. The molecule has 108 valence electrons. The lowest BCUT2D eigenvalue weighted by molar-refractivity contribution is -0.116. The number of amides is 1. The second-order valence-electron chi connectivity index (χ2n) is 4.88. The zero-order valence-corrected chi connectivity index (χ0v) is 12.2. The number of rotatable bonds is 5. The van der Waals surface area contributed by atoms with Crippen molar-refractivity contribution in [1.29, 1.82) is 0 Å². The Labute approximate surface area is 117 Å². The van der Waals surface area contributed by atoms with Gasteiger partial charge in [-0.25, -0.2) is 4.85 Å². The topological polar surface area (TPSA) is 91.0 Å². The summed E-state index contributed by atoms with van der Waals surface area (Å²) in [5.41, 5.74) is -0.524. The third-order valence-electron chi connectivity index (χ3n) is 2.67. The fraction of sp³-hybridized carbons (Fsp3) is 0.385. The third-order valence-corrected chi connectivity index (χ3v) is 3.92. The molecule has 1 amide bonds. The van der Waals surface area contributed by atoms with Crippen LogP contribution >= 0.6 is 7.60 Å². The molecule has 1 rings (SSSR count). The van der Waals surface area contributed by atoms with E-state index in [1.807, 2.05) is 0 Å². The van der Waals surface area contributed by atoms with Gasteiger partial charge >= 0.3 is 7.60 Å². The van der Waals surface area contributed by atoms with Crippen molar-refractivity contribution in [3.8, 4) is 0 Å². The van der Waals surface area contributed by atoms with Crippen LogP contribution in [0.3, 0.4) is 0 Å². The monoisotopic (exact) mass is 296 g/mol. The van der Waals surface area contributed by atoms with Gasteiger partial charge in [-0.05, 0) is 24.5 Å². The van der Waals surface area contributed by atoms with Crippen molar-refractivity contribution in [2.45, 2.75) is 25.9 Å². The Morgan fingerprint density at radius 3 is 2.30 bits per heavy atom. The molecule has 0 aliphatic carbocycles.